The van der Waals surface area contributed by atoms with E-state index in [0.29, 0.717) is 10.0 Å². The van der Waals surface area contributed by atoms with Gasteiger partial charge in [-0.15, -0.1) is 0 Å². The van der Waals surface area contributed by atoms with Crippen LogP contribution in [0.5, 0.6) is 0 Å². The summed E-state index contributed by atoms with van der Waals surface area (Å²) < 4.78 is 13.2. The summed E-state index contributed by atoms with van der Waals surface area (Å²) >= 11 is 9.82. The van der Waals surface area contributed by atoms with Gasteiger partial charge in [-0.05, 0) is 18.6 Å². The summed E-state index contributed by atoms with van der Waals surface area (Å²) in [5.41, 5.74) is 1.50. The molecule has 1 aliphatic rings. The Morgan fingerprint density at radius 2 is 2.07 bits per heavy atom. The topological polar surface area (TPSA) is 29.1 Å². The van der Waals surface area contributed by atoms with Crippen LogP contribution in [0.1, 0.15) is 11.1 Å². The highest BCUT2D eigenvalue weighted by Crippen LogP contribution is 2.52. The molecular formula is C9H5Br3FNO. The summed E-state index contributed by atoms with van der Waals surface area (Å²) in [4.78, 5) is 11.6. The summed E-state index contributed by atoms with van der Waals surface area (Å²) in [5, 5.41) is 2.49. The Hall–Kier alpha value is 0.0600. The lowest BCUT2D eigenvalue weighted by Crippen LogP contribution is -2.20. The maximum atomic E-state index is 13.6. The third kappa shape index (κ3) is 1.57. The molecular weight excluding hydrogens is 397 g/mol. The van der Waals surface area contributed by atoms with Crippen LogP contribution in [0, 0.1) is 12.7 Å². The first-order valence-corrected chi connectivity index (χ1v) is 6.42. The number of hydrogen-bond acceptors (Lipinski definition) is 1. The molecule has 1 heterocycles. The number of carbonyl (C=O) groups is 1. The van der Waals surface area contributed by atoms with Crippen molar-refractivity contribution in [2.24, 2.45) is 0 Å². The first-order chi connectivity index (χ1) is 6.85. The standard InChI is InChI=1S/C9H5Br3FNO/c1-3-2-4(13)7-5(6(3)10)9(11,12)8(15)14-7/h2H,1H3,(H,14,15). The number of anilines is 1. The van der Waals surface area contributed by atoms with Crippen LogP contribution in [0.2, 0.25) is 0 Å². The van der Waals surface area contributed by atoms with Gasteiger partial charge >= 0.3 is 0 Å². The number of amides is 1. The summed E-state index contributed by atoms with van der Waals surface area (Å²) in [6.45, 7) is 1.77. The van der Waals surface area contributed by atoms with E-state index in [0.717, 1.165) is 5.56 Å². The van der Waals surface area contributed by atoms with Crippen LogP contribution in [0.4, 0.5) is 10.1 Å². The van der Waals surface area contributed by atoms with E-state index < -0.39 is 9.05 Å². The van der Waals surface area contributed by atoms with Crippen LogP contribution >= 0.6 is 47.8 Å². The minimum absolute atomic E-state index is 0.214. The van der Waals surface area contributed by atoms with E-state index in [4.69, 9.17) is 0 Å². The average Bonchev–Trinajstić information content (AvgIpc) is 2.36. The number of alkyl halides is 2. The molecule has 0 unspecified atom stereocenters. The van der Waals surface area contributed by atoms with Crippen LogP contribution in [0.3, 0.4) is 0 Å². The molecule has 0 saturated carbocycles. The predicted molar refractivity (Wildman–Crippen MR) is 67.0 cm³/mol. The van der Waals surface area contributed by atoms with Gasteiger partial charge in [0.25, 0.3) is 5.91 Å². The van der Waals surface area contributed by atoms with Gasteiger partial charge in [0.1, 0.15) is 5.82 Å². The highest BCUT2D eigenvalue weighted by molar-refractivity contribution is 9.25. The number of hydrogen-bond donors (Lipinski definition) is 1. The van der Waals surface area contributed by atoms with Gasteiger partial charge in [-0.1, -0.05) is 47.8 Å². The summed E-state index contributed by atoms with van der Waals surface area (Å²) in [7, 11) is 0. The second-order valence-corrected chi connectivity index (χ2v) is 7.50. The van der Waals surface area contributed by atoms with Gasteiger partial charge in [-0.2, -0.15) is 0 Å². The molecule has 0 aromatic heterocycles. The van der Waals surface area contributed by atoms with Gasteiger partial charge in [0.05, 0.1) is 5.69 Å². The second-order valence-electron chi connectivity index (χ2n) is 3.27. The molecule has 0 fully saturated rings. The number of aryl methyl sites for hydroxylation is 1. The van der Waals surface area contributed by atoms with Crippen molar-refractivity contribution in [1.82, 2.24) is 0 Å². The van der Waals surface area contributed by atoms with Crippen molar-refractivity contribution in [3.8, 4) is 0 Å². The molecule has 1 N–H and O–H groups in total. The molecule has 1 aromatic rings. The molecule has 1 aliphatic heterocycles. The van der Waals surface area contributed by atoms with Gasteiger partial charge in [0, 0.05) is 10.0 Å². The highest BCUT2D eigenvalue weighted by atomic mass is 79.9. The summed E-state index contributed by atoms with van der Waals surface area (Å²) in [6, 6.07) is 1.38. The zero-order valence-electron chi connectivity index (χ0n) is 7.50. The zero-order chi connectivity index (χ0) is 11.4. The Bertz CT molecular complexity index is 473. The minimum Gasteiger partial charge on any atom is -0.321 e. The molecule has 1 amide bonds. The van der Waals surface area contributed by atoms with E-state index in [1.54, 1.807) is 6.92 Å². The molecule has 0 radical (unpaired) electrons. The molecule has 0 aliphatic carbocycles. The van der Waals surface area contributed by atoms with Gasteiger partial charge in [0.2, 0.25) is 0 Å². The lowest BCUT2D eigenvalue weighted by atomic mass is 10.1. The Morgan fingerprint density at radius 1 is 1.47 bits per heavy atom. The average molecular weight is 402 g/mol. The van der Waals surface area contributed by atoms with E-state index in [2.05, 4.69) is 53.1 Å². The van der Waals surface area contributed by atoms with Crippen molar-refractivity contribution >= 4 is 59.4 Å². The van der Waals surface area contributed by atoms with E-state index in [-0.39, 0.29) is 11.6 Å². The quantitative estimate of drug-likeness (QED) is 0.658. The maximum absolute atomic E-state index is 13.6. The zero-order valence-corrected chi connectivity index (χ0v) is 12.3. The first kappa shape index (κ1) is 11.5. The minimum atomic E-state index is -1.05. The molecule has 0 atom stereocenters. The van der Waals surface area contributed by atoms with Crippen molar-refractivity contribution in [3.63, 3.8) is 0 Å². The van der Waals surface area contributed by atoms with Gasteiger partial charge in [-0.25, -0.2) is 4.39 Å². The number of benzene rings is 1. The third-order valence-corrected chi connectivity index (χ3v) is 4.77. The molecule has 2 nitrogen and oxygen atoms in total. The molecule has 2 rings (SSSR count). The normalized spacial score (nSPS) is 17.5. The number of carbonyl (C=O) groups excluding carboxylic acids is 1. The lowest BCUT2D eigenvalue weighted by Gasteiger charge is -2.14. The highest BCUT2D eigenvalue weighted by Gasteiger charge is 2.45. The number of fused-ring (bicyclic) bond motifs is 1. The number of halogens is 4. The smallest absolute Gasteiger partial charge is 0.256 e. The van der Waals surface area contributed by atoms with E-state index in [1.165, 1.54) is 6.07 Å². The third-order valence-electron chi connectivity index (χ3n) is 2.24. The fraction of sp³-hybridized carbons (Fsp3) is 0.222. The van der Waals surface area contributed by atoms with E-state index >= 15 is 0 Å². The second kappa shape index (κ2) is 3.53. The molecule has 0 bridgehead atoms. The van der Waals surface area contributed by atoms with Gasteiger partial charge in [0.15, 0.2) is 3.23 Å². The van der Waals surface area contributed by atoms with Crippen LogP contribution in [-0.2, 0) is 8.03 Å². The van der Waals surface area contributed by atoms with Gasteiger partial charge < -0.3 is 5.32 Å². The van der Waals surface area contributed by atoms with Crippen LogP contribution < -0.4 is 5.32 Å². The Labute approximate surface area is 111 Å². The summed E-state index contributed by atoms with van der Waals surface area (Å²) in [6.07, 6.45) is 0. The van der Waals surface area contributed by atoms with Gasteiger partial charge in [-0.3, -0.25) is 4.79 Å². The first-order valence-electron chi connectivity index (χ1n) is 4.04. The Balaban J connectivity index is 2.81. The molecule has 6 heteroatoms. The molecule has 0 spiro atoms. The maximum Gasteiger partial charge on any atom is 0.256 e. The van der Waals surface area contributed by atoms with Crippen molar-refractivity contribution < 1.29 is 9.18 Å². The van der Waals surface area contributed by atoms with Crippen molar-refractivity contribution in [2.45, 2.75) is 10.2 Å². The predicted octanol–water partition coefficient (Wildman–Crippen LogP) is 3.79. The SMILES string of the molecule is Cc1cc(F)c2c(c1Br)C(Br)(Br)C(=O)N2. The summed E-state index contributed by atoms with van der Waals surface area (Å²) in [5.74, 6) is -0.762. The van der Waals surface area contributed by atoms with Crippen molar-refractivity contribution in [1.29, 1.82) is 0 Å². The van der Waals surface area contributed by atoms with Crippen LogP contribution in [0.15, 0.2) is 10.5 Å². The molecule has 80 valence electrons. The van der Waals surface area contributed by atoms with E-state index in [1.807, 2.05) is 0 Å². The van der Waals surface area contributed by atoms with Crippen molar-refractivity contribution in [2.75, 3.05) is 5.32 Å². The number of rotatable bonds is 0. The molecule has 15 heavy (non-hydrogen) atoms. The lowest BCUT2D eigenvalue weighted by molar-refractivity contribution is -0.115. The van der Waals surface area contributed by atoms with Crippen LogP contribution in [0.25, 0.3) is 0 Å². The Morgan fingerprint density at radius 3 is 2.67 bits per heavy atom. The van der Waals surface area contributed by atoms with Crippen molar-refractivity contribution in [3.05, 3.63) is 27.5 Å². The fourth-order valence-corrected chi connectivity index (χ4v) is 3.61. The Kier molecular flexibility index (Phi) is 2.72. The largest absolute Gasteiger partial charge is 0.321 e. The number of nitrogens with one attached hydrogen (secondary N) is 1. The van der Waals surface area contributed by atoms with Crippen LogP contribution in [-0.4, -0.2) is 5.91 Å². The fourth-order valence-electron chi connectivity index (χ4n) is 1.47. The van der Waals surface area contributed by atoms with E-state index in [9.17, 15) is 9.18 Å². The monoisotopic (exact) mass is 399 g/mol. The molecule has 0 saturated heterocycles. The molecule has 1 aromatic carbocycles.